The number of hydrogen-bond donors (Lipinski definition) is 2. The summed E-state index contributed by atoms with van der Waals surface area (Å²) in [7, 11) is 0. The van der Waals surface area contributed by atoms with E-state index in [1.165, 1.54) is 6.92 Å². The molecule has 3 rings (SSSR count). The molecule has 1 unspecified atom stereocenters. The molecule has 1 fully saturated rings. The fourth-order valence-electron chi connectivity index (χ4n) is 4.53. The molecule has 2 N–H and O–H groups in total. The zero-order chi connectivity index (χ0) is 29.2. The van der Waals surface area contributed by atoms with Gasteiger partial charge >= 0.3 is 24.4 Å². The van der Waals surface area contributed by atoms with Gasteiger partial charge in [-0.3, -0.25) is 0 Å². The molecule has 2 aromatic rings. The van der Waals surface area contributed by atoms with Crippen LogP contribution >= 0.6 is 0 Å². The van der Waals surface area contributed by atoms with Crippen LogP contribution in [0, 0.1) is 0 Å². The van der Waals surface area contributed by atoms with Crippen molar-refractivity contribution in [2.45, 2.75) is 68.9 Å². The quantitative estimate of drug-likeness (QED) is 0.252. The summed E-state index contributed by atoms with van der Waals surface area (Å²) in [5.41, 5.74) is -5.02. The van der Waals surface area contributed by atoms with Crippen LogP contribution in [0.2, 0.25) is 0 Å². The second kappa shape index (κ2) is 11.0. The maximum Gasteiger partial charge on any atom is 0.416 e. The summed E-state index contributed by atoms with van der Waals surface area (Å²) in [6, 6.07) is 7.46. The number of alkyl halides is 8. The molecule has 5 nitrogen and oxygen atoms in total. The van der Waals surface area contributed by atoms with E-state index in [-0.39, 0.29) is 19.0 Å². The number of unbranched alkanes of at least 4 members (excludes halogenated alkanes) is 1. The highest BCUT2D eigenvalue weighted by Crippen LogP contribution is 2.46. The van der Waals surface area contributed by atoms with Crippen molar-refractivity contribution in [2.75, 3.05) is 6.54 Å². The first-order valence-corrected chi connectivity index (χ1v) is 12.0. The molecule has 2 aromatic carbocycles. The zero-order valence-corrected chi connectivity index (χ0v) is 20.7. The van der Waals surface area contributed by atoms with Gasteiger partial charge in [-0.05, 0) is 55.5 Å². The number of rotatable bonds is 9. The van der Waals surface area contributed by atoms with Gasteiger partial charge in [-0.15, -0.1) is 0 Å². The second-order valence-electron chi connectivity index (χ2n) is 9.68. The number of benzene rings is 2. The Hall–Kier alpha value is -3.38. The number of carboxylic acids is 1. The van der Waals surface area contributed by atoms with Gasteiger partial charge in [-0.1, -0.05) is 30.3 Å². The van der Waals surface area contributed by atoms with E-state index in [2.05, 4.69) is 0 Å². The van der Waals surface area contributed by atoms with E-state index in [0.29, 0.717) is 25.0 Å². The van der Waals surface area contributed by atoms with Crippen molar-refractivity contribution in [1.29, 1.82) is 0 Å². The summed E-state index contributed by atoms with van der Waals surface area (Å²) in [5, 5.41) is 11.5. The lowest BCUT2D eigenvalue weighted by atomic mass is 9.73. The minimum absolute atomic E-state index is 0.0453. The van der Waals surface area contributed by atoms with Gasteiger partial charge in [0, 0.05) is 19.4 Å². The Morgan fingerprint density at radius 2 is 1.49 bits per heavy atom. The van der Waals surface area contributed by atoms with Crippen LogP contribution in [0.3, 0.4) is 0 Å². The largest absolute Gasteiger partial charge is 0.479 e. The molecule has 0 spiro atoms. The molecule has 2 amide bonds. The van der Waals surface area contributed by atoms with Gasteiger partial charge in [-0.2, -0.15) is 26.3 Å². The fourth-order valence-corrected chi connectivity index (χ4v) is 4.53. The summed E-state index contributed by atoms with van der Waals surface area (Å²) in [4.78, 5) is 25.7. The fraction of sp³-hybridized carbons (Fsp3) is 0.462. The van der Waals surface area contributed by atoms with Crippen LogP contribution in [-0.2, 0) is 23.6 Å². The highest BCUT2D eigenvalue weighted by Gasteiger charge is 2.62. The van der Waals surface area contributed by atoms with Crippen LogP contribution in [0.1, 0.15) is 60.9 Å². The number of carboxylic acid groups (broad SMARTS) is 1. The number of aryl methyl sites for hydroxylation is 1. The molecule has 0 radical (unpaired) electrons. The summed E-state index contributed by atoms with van der Waals surface area (Å²) in [6.45, 7) is 0.999. The average Bonchev–Trinajstić information content (AvgIpc) is 2.81. The van der Waals surface area contributed by atoms with Gasteiger partial charge in [0.1, 0.15) is 0 Å². The number of halogens is 8. The molecular weight excluding hydrogens is 540 g/mol. The number of carbonyl (C=O) groups excluding carboxylic acids is 1. The first kappa shape index (κ1) is 30.2. The van der Waals surface area contributed by atoms with Gasteiger partial charge in [0.05, 0.1) is 17.2 Å². The van der Waals surface area contributed by atoms with Crippen molar-refractivity contribution in [3.8, 4) is 0 Å². The van der Waals surface area contributed by atoms with Gasteiger partial charge in [-0.25, -0.2) is 18.4 Å². The van der Waals surface area contributed by atoms with Crippen molar-refractivity contribution in [1.82, 2.24) is 10.2 Å². The lowest BCUT2D eigenvalue weighted by Crippen LogP contribution is -2.68. The summed E-state index contributed by atoms with van der Waals surface area (Å²) >= 11 is 0. The molecule has 0 heterocycles. The summed E-state index contributed by atoms with van der Waals surface area (Å²) in [6.07, 6.45) is -11.4. The third-order valence-electron chi connectivity index (χ3n) is 6.65. The van der Waals surface area contributed by atoms with Crippen LogP contribution in [0.15, 0.2) is 48.5 Å². The van der Waals surface area contributed by atoms with E-state index < -0.39 is 71.4 Å². The van der Waals surface area contributed by atoms with Gasteiger partial charge in [0.15, 0.2) is 5.54 Å². The zero-order valence-electron chi connectivity index (χ0n) is 20.7. The first-order chi connectivity index (χ1) is 17.9. The first-order valence-electron chi connectivity index (χ1n) is 12.0. The van der Waals surface area contributed by atoms with Crippen LogP contribution in [0.4, 0.5) is 39.9 Å². The lowest BCUT2D eigenvalue weighted by molar-refractivity contribution is -0.175. The number of amides is 2. The Kier molecular flexibility index (Phi) is 8.51. The predicted molar refractivity (Wildman–Crippen MR) is 124 cm³/mol. The van der Waals surface area contributed by atoms with E-state index >= 15 is 0 Å². The summed E-state index contributed by atoms with van der Waals surface area (Å²) in [5.74, 6) is -5.07. The molecule has 1 atom stereocenters. The Balaban J connectivity index is 1.90. The van der Waals surface area contributed by atoms with Gasteiger partial charge in [0.2, 0.25) is 0 Å². The molecule has 39 heavy (non-hydrogen) atoms. The van der Waals surface area contributed by atoms with E-state index in [4.69, 9.17) is 0 Å². The van der Waals surface area contributed by atoms with E-state index in [1.807, 2.05) is 35.6 Å². The maximum atomic E-state index is 13.5. The van der Waals surface area contributed by atoms with E-state index in [0.717, 1.165) is 10.5 Å². The van der Waals surface area contributed by atoms with Crippen molar-refractivity contribution in [2.24, 2.45) is 0 Å². The normalized spacial score (nSPS) is 17.2. The number of aliphatic carboxylic acids is 1. The highest BCUT2D eigenvalue weighted by atomic mass is 19.4. The SMILES string of the molecule is CC(c1cc(C(F)(F)F)cc(C(F)(F)F)c1)N(CCCCc1ccccc1)C(=O)NC1(C(=O)O)CC(F)(F)C1. The van der Waals surface area contributed by atoms with Crippen LogP contribution < -0.4 is 5.32 Å². The Labute approximate surface area is 218 Å². The molecular formula is C26H26F8N2O3. The number of nitrogens with zero attached hydrogens (tertiary/aromatic N) is 1. The summed E-state index contributed by atoms with van der Waals surface area (Å²) < 4.78 is 108. The molecule has 0 aliphatic heterocycles. The van der Waals surface area contributed by atoms with Crippen LogP contribution in [-0.4, -0.2) is 40.0 Å². The molecule has 1 saturated carbocycles. The monoisotopic (exact) mass is 566 g/mol. The molecule has 214 valence electrons. The van der Waals surface area contributed by atoms with E-state index in [9.17, 15) is 49.8 Å². The van der Waals surface area contributed by atoms with Crippen molar-refractivity contribution < 1.29 is 49.8 Å². The molecule has 1 aliphatic carbocycles. The molecule has 13 heteroatoms. The predicted octanol–water partition coefficient (Wildman–Crippen LogP) is 7.07. The topological polar surface area (TPSA) is 69.6 Å². The standard InChI is InChI=1S/C26H26F8N2O3/c1-16(18-11-19(25(29,30)31)13-20(12-18)26(32,33)34)36(10-6-5-9-17-7-3-2-4-8-17)22(39)35-23(21(37)38)14-24(27,28)15-23/h2-4,7-8,11-13,16H,5-6,9-10,14-15H2,1H3,(H,35,39)(H,37,38). The minimum atomic E-state index is -5.12. The van der Waals surface area contributed by atoms with Crippen molar-refractivity contribution in [3.63, 3.8) is 0 Å². The second-order valence-corrected chi connectivity index (χ2v) is 9.68. The molecule has 0 bridgehead atoms. The molecule has 0 saturated heterocycles. The molecule has 1 aliphatic rings. The molecule has 0 aromatic heterocycles. The Bertz CT molecular complexity index is 1140. The van der Waals surface area contributed by atoms with Crippen molar-refractivity contribution >= 4 is 12.0 Å². The number of nitrogens with one attached hydrogen (secondary N) is 1. The maximum absolute atomic E-state index is 13.5. The van der Waals surface area contributed by atoms with E-state index in [1.54, 1.807) is 0 Å². The smallest absolute Gasteiger partial charge is 0.416 e. The lowest BCUT2D eigenvalue weighted by Gasteiger charge is -2.45. The van der Waals surface area contributed by atoms with Gasteiger partial charge < -0.3 is 15.3 Å². The number of urea groups is 1. The third-order valence-corrected chi connectivity index (χ3v) is 6.65. The third kappa shape index (κ3) is 7.39. The highest BCUT2D eigenvalue weighted by molar-refractivity contribution is 5.88. The van der Waals surface area contributed by atoms with Crippen LogP contribution in [0.5, 0.6) is 0 Å². The Morgan fingerprint density at radius 1 is 0.949 bits per heavy atom. The minimum Gasteiger partial charge on any atom is -0.479 e. The van der Waals surface area contributed by atoms with Crippen LogP contribution in [0.25, 0.3) is 0 Å². The van der Waals surface area contributed by atoms with Gasteiger partial charge in [0.25, 0.3) is 5.92 Å². The average molecular weight is 566 g/mol. The Morgan fingerprint density at radius 3 is 1.95 bits per heavy atom. The number of carbonyl (C=O) groups is 2. The van der Waals surface area contributed by atoms with Crippen molar-refractivity contribution in [3.05, 3.63) is 70.8 Å². The number of hydrogen-bond acceptors (Lipinski definition) is 2.